The highest BCUT2D eigenvalue weighted by molar-refractivity contribution is 5.87. The van der Waals surface area contributed by atoms with Gasteiger partial charge in [-0.15, -0.1) is 0 Å². The molecule has 2 aromatic carbocycles. The van der Waals surface area contributed by atoms with Gasteiger partial charge in [0.05, 0.1) is 0 Å². The van der Waals surface area contributed by atoms with Gasteiger partial charge in [-0.1, -0.05) is 50.1 Å². The summed E-state index contributed by atoms with van der Waals surface area (Å²) in [5, 5.41) is 16.1. The highest BCUT2D eigenvalue weighted by atomic mass is 16.3. The Labute approximate surface area is 120 Å². The Hall–Kier alpha value is -1.54. The predicted octanol–water partition coefficient (Wildman–Crippen LogP) is 4.21. The molecule has 0 heterocycles. The fourth-order valence-corrected chi connectivity index (χ4v) is 3.38. The summed E-state index contributed by atoms with van der Waals surface area (Å²) in [5.74, 6) is 1.22. The van der Waals surface area contributed by atoms with E-state index < -0.39 is 0 Å². The number of aromatic hydroxyl groups is 1. The molecule has 2 N–H and O–H groups in total. The molecule has 1 aliphatic carbocycles. The van der Waals surface area contributed by atoms with Crippen LogP contribution in [-0.2, 0) is 6.54 Å². The molecule has 0 saturated heterocycles. The van der Waals surface area contributed by atoms with Gasteiger partial charge in [0.2, 0.25) is 0 Å². The lowest BCUT2D eigenvalue weighted by Crippen LogP contribution is -2.33. The van der Waals surface area contributed by atoms with Crippen molar-refractivity contribution in [1.82, 2.24) is 5.32 Å². The van der Waals surface area contributed by atoms with Gasteiger partial charge in [-0.05, 0) is 35.6 Å². The maximum atomic E-state index is 10.2. The van der Waals surface area contributed by atoms with Crippen LogP contribution in [0.4, 0.5) is 0 Å². The fourth-order valence-electron chi connectivity index (χ4n) is 3.38. The first-order valence-electron chi connectivity index (χ1n) is 7.67. The Bertz CT molecular complexity index is 593. The summed E-state index contributed by atoms with van der Waals surface area (Å²) < 4.78 is 0. The second-order valence-corrected chi connectivity index (χ2v) is 6.13. The molecule has 1 fully saturated rings. The number of fused-ring (bicyclic) bond motifs is 1. The summed E-state index contributed by atoms with van der Waals surface area (Å²) in [6, 6.07) is 12.7. The van der Waals surface area contributed by atoms with Crippen LogP contribution in [0.2, 0.25) is 0 Å². The maximum absolute atomic E-state index is 10.2. The number of phenolic OH excluding ortho intramolecular Hbond substituents is 1. The normalized spacial score (nSPS) is 23.1. The second kappa shape index (κ2) is 5.84. The van der Waals surface area contributed by atoms with E-state index in [9.17, 15) is 5.11 Å². The molecule has 0 aromatic heterocycles. The van der Waals surface area contributed by atoms with E-state index in [2.05, 4.69) is 24.4 Å². The molecule has 0 radical (unpaired) electrons. The van der Waals surface area contributed by atoms with Crippen molar-refractivity contribution in [3.05, 3.63) is 42.0 Å². The first-order chi connectivity index (χ1) is 9.74. The molecule has 0 amide bonds. The molecular formula is C18H23NO. The van der Waals surface area contributed by atoms with E-state index in [0.29, 0.717) is 11.8 Å². The summed E-state index contributed by atoms with van der Waals surface area (Å²) in [4.78, 5) is 0. The standard InChI is InChI=1S/C18H23NO/c1-13-5-4-7-15(11-13)19-12-17-16-8-3-2-6-14(16)9-10-18(17)20/h2-3,6,8-10,13,15,19-20H,4-5,7,11-12H2,1H3. The zero-order valence-electron chi connectivity index (χ0n) is 12.1. The Morgan fingerprint density at radius 2 is 2.00 bits per heavy atom. The van der Waals surface area contributed by atoms with Gasteiger partial charge in [-0.25, -0.2) is 0 Å². The van der Waals surface area contributed by atoms with Gasteiger partial charge in [0, 0.05) is 18.2 Å². The van der Waals surface area contributed by atoms with Gasteiger partial charge in [0.1, 0.15) is 5.75 Å². The lowest BCUT2D eigenvalue weighted by Gasteiger charge is -2.28. The monoisotopic (exact) mass is 269 g/mol. The van der Waals surface area contributed by atoms with Crippen molar-refractivity contribution < 1.29 is 5.11 Å². The molecule has 2 nitrogen and oxygen atoms in total. The van der Waals surface area contributed by atoms with Crippen LogP contribution in [-0.4, -0.2) is 11.1 Å². The smallest absolute Gasteiger partial charge is 0.120 e. The van der Waals surface area contributed by atoms with Crippen molar-refractivity contribution in [2.24, 2.45) is 5.92 Å². The van der Waals surface area contributed by atoms with E-state index in [1.54, 1.807) is 0 Å². The average Bonchev–Trinajstić information content (AvgIpc) is 2.46. The van der Waals surface area contributed by atoms with Gasteiger partial charge in [0.15, 0.2) is 0 Å². The minimum absolute atomic E-state index is 0.403. The molecule has 20 heavy (non-hydrogen) atoms. The van der Waals surface area contributed by atoms with Crippen LogP contribution < -0.4 is 5.32 Å². The first-order valence-corrected chi connectivity index (χ1v) is 7.67. The third-order valence-corrected chi connectivity index (χ3v) is 4.52. The SMILES string of the molecule is CC1CCCC(NCc2c(O)ccc3ccccc23)C1. The number of phenols is 1. The molecule has 2 unspecified atom stereocenters. The minimum Gasteiger partial charge on any atom is -0.508 e. The molecule has 2 heteroatoms. The van der Waals surface area contributed by atoms with Crippen molar-refractivity contribution in [3.8, 4) is 5.75 Å². The topological polar surface area (TPSA) is 32.3 Å². The van der Waals surface area contributed by atoms with E-state index in [4.69, 9.17) is 0 Å². The molecule has 0 aliphatic heterocycles. The van der Waals surface area contributed by atoms with E-state index in [1.165, 1.54) is 31.1 Å². The van der Waals surface area contributed by atoms with Crippen LogP contribution in [0.15, 0.2) is 36.4 Å². The molecule has 0 bridgehead atoms. The molecule has 106 valence electrons. The van der Waals surface area contributed by atoms with Crippen LogP contribution in [0, 0.1) is 5.92 Å². The van der Waals surface area contributed by atoms with E-state index in [0.717, 1.165) is 23.4 Å². The molecule has 0 spiro atoms. The Morgan fingerprint density at radius 1 is 1.15 bits per heavy atom. The van der Waals surface area contributed by atoms with Crippen molar-refractivity contribution in [2.45, 2.75) is 45.2 Å². The Balaban J connectivity index is 1.78. The summed E-state index contributed by atoms with van der Waals surface area (Å²) >= 11 is 0. The highest BCUT2D eigenvalue weighted by Gasteiger charge is 2.18. The maximum Gasteiger partial charge on any atom is 0.120 e. The van der Waals surface area contributed by atoms with Crippen LogP contribution in [0.3, 0.4) is 0 Å². The highest BCUT2D eigenvalue weighted by Crippen LogP contribution is 2.28. The third-order valence-electron chi connectivity index (χ3n) is 4.52. The Morgan fingerprint density at radius 3 is 2.85 bits per heavy atom. The van der Waals surface area contributed by atoms with Crippen LogP contribution in [0.1, 0.15) is 38.2 Å². The summed E-state index contributed by atoms with van der Waals surface area (Å²) in [6.07, 6.45) is 5.19. The van der Waals surface area contributed by atoms with E-state index >= 15 is 0 Å². The lowest BCUT2D eigenvalue weighted by molar-refractivity contribution is 0.300. The summed E-state index contributed by atoms with van der Waals surface area (Å²) in [7, 11) is 0. The number of nitrogens with one attached hydrogen (secondary N) is 1. The van der Waals surface area contributed by atoms with Crippen LogP contribution in [0.25, 0.3) is 10.8 Å². The summed E-state index contributed by atoms with van der Waals surface area (Å²) in [6.45, 7) is 3.09. The van der Waals surface area contributed by atoms with E-state index in [-0.39, 0.29) is 0 Å². The average molecular weight is 269 g/mol. The van der Waals surface area contributed by atoms with Crippen LogP contribution in [0.5, 0.6) is 5.75 Å². The quantitative estimate of drug-likeness (QED) is 0.874. The van der Waals surface area contributed by atoms with Crippen molar-refractivity contribution in [1.29, 1.82) is 0 Å². The molecular weight excluding hydrogens is 246 g/mol. The predicted molar refractivity (Wildman–Crippen MR) is 83.9 cm³/mol. The van der Waals surface area contributed by atoms with E-state index in [1.807, 2.05) is 24.3 Å². The molecule has 3 rings (SSSR count). The van der Waals surface area contributed by atoms with Crippen molar-refractivity contribution >= 4 is 10.8 Å². The largest absolute Gasteiger partial charge is 0.508 e. The van der Waals surface area contributed by atoms with Crippen LogP contribution >= 0.6 is 0 Å². The number of hydrogen-bond acceptors (Lipinski definition) is 2. The number of benzene rings is 2. The molecule has 2 atom stereocenters. The van der Waals surface area contributed by atoms with Gasteiger partial charge in [0.25, 0.3) is 0 Å². The lowest BCUT2D eigenvalue weighted by atomic mass is 9.87. The van der Waals surface area contributed by atoms with Crippen molar-refractivity contribution in [2.75, 3.05) is 0 Å². The number of hydrogen-bond donors (Lipinski definition) is 2. The van der Waals surface area contributed by atoms with Gasteiger partial charge >= 0.3 is 0 Å². The third kappa shape index (κ3) is 2.80. The first kappa shape index (κ1) is 13.4. The Kier molecular flexibility index (Phi) is 3.93. The zero-order chi connectivity index (χ0) is 13.9. The molecule has 1 saturated carbocycles. The van der Waals surface area contributed by atoms with Crippen molar-refractivity contribution in [3.63, 3.8) is 0 Å². The molecule has 2 aromatic rings. The molecule has 1 aliphatic rings. The second-order valence-electron chi connectivity index (χ2n) is 6.13. The summed E-state index contributed by atoms with van der Waals surface area (Å²) in [5.41, 5.74) is 1.03. The fraction of sp³-hybridized carbons (Fsp3) is 0.444. The van der Waals surface area contributed by atoms with Gasteiger partial charge in [-0.3, -0.25) is 0 Å². The minimum atomic E-state index is 0.403. The zero-order valence-corrected chi connectivity index (χ0v) is 12.1. The van der Waals surface area contributed by atoms with Gasteiger partial charge in [-0.2, -0.15) is 0 Å². The van der Waals surface area contributed by atoms with Gasteiger partial charge < -0.3 is 10.4 Å². The number of rotatable bonds is 3.